The van der Waals surface area contributed by atoms with Crippen LogP contribution < -0.4 is 0 Å². The quantitative estimate of drug-likeness (QED) is 0.579. The maximum absolute atomic E-state index is 2.29. The summed E-state index contributed by atoms with van der Waals surface area (Å²) in [5.74, 6) is 0. The fraction of sp³-hybridized carbons (Fsp3) is 0.143. The molecule has 2 aromatic rings. The van der Waals surface area contributed by atoms with Gasteiger partial charge in [0.1, 0.15) is 0 Å². The zero-order valence-corrected chi connectivity index (χ0v) is 8.25. The predicted molar refractivity (Wildman–Crippen MR) is 61.4 cm³/mol. The molecule has 0 amide bonds. The first-order chi connectivity index (χ1) is 6.86. The highest BCUT2D eigenvalue weighted by Crippen LogP contribution is 2.30. The first kappa shape index (κ1) is 7.81. The lowest BCUT2D eigenvalue weighted by atomic mass is 9.97. The maximum Gasteiger partial charge on any atom is -0.00853 e. The molecular weight excluding hydrogens is 168 g/mol. The molecule has 1 aliphatic carbocycles. The van der Waals surface area contributed by atoms with Gasteiger partial charge in [-0.15, -0.1) is 0 Å². The largest absolute Gasteiger partial charge is 0.0795 e. The molecular formula is C14H12. The van der Waals surface area contributed by atoms with Gasteiger partial charge in [0.25, 0.3) is 0 Å². The van der Waals surface area contributed by atoms with Crippen molar-refractivity contribution in [1.82, 2.24) is 0 Å². The molecule has 0 spiro atoms. The van der Waals surface area contributed by atoms with Crippen molar-refractivity contribution in [2.24, 2.45) is 0 Å². The summed E-state index contributed by atoms with van der Waals surface area (Å²) in [7, 11) is 0. The van der Waals surface area contributed by atoms with E-state index in [-0.39, 0.29) is 0 Å². The SMILES string of the molecule is Cc1cc2ccccc2c2c1CC=C2. The molecule has 0 heteroatoms. The fourth-order valence-corrected chi connectivity index (χ4v) is 2.32. The van der Waals surface area contributed by atoms with Crippen LogP contribution in [0, 0.1) is 6.92 Å². The molecule has 0 N–H and O–H groups in total. The Morgan fingerprint density at radius 2 is 2.00 bits per heavy atom. The Kier molecular flexibility index (Phi) is 1.51. The highest BCUT2D eigenvalue weighted by Gasteiger charge is 2.11. The average Bonchev–Trinajstić information content (AvgIpc) is 2.67. The molecule has 0 heterocycles. The van der Waals surface area contributed by atoms with E-state index in [1.807, 2.05) is 0 Å². The molecule has 0 aromatic heterocycles. The van der Waals surface area contributed by atoms with Gasteiger partial charge in [0.15, 0.2) is 0 Å². The van der Waals surface area contributed by atoms with Crippen LogP contribution in [0.5, 0.6) is 0 Å². The molecule has 0 fully saturated rings. The number of aryl methyl sites for hydroxylation is 1. The number of hydrogen-bond donors (Lipinski definition) is 0. The third-order valence-electron chi connectivity index (χ3n) is 3.03. The summed E-state index contributed by atoms with van der Waals surface area (Å²) in [6, 6.07) is 10.9. The summed E-state index contributed by atoms with van der Waals surface area (Å²) in [5, 5.41) is 2.75. The molecule has 2 aromatic carbocycles. The van der Waals surface area contributed by atoms with Crippen molar-refractivity contribution >= 4 is 16.8 Å². The van der Waals surface area contributed by atoms with Gasteiger partial charge in [0.2, 0.25) is 0 Å². The average molecular weight is 180 g/mol. The number of hydrogen-bond acceptors (Lipinski definition) is 0. The molecule has 0 unspecified atom stereocenters. The van der Waals surface area contributed by atoms with E-state index in [0.717, 1.165) is 6.42 Å². The normalized spacial score (nSPS) is 13.5. The minimum Gasteiger partial charge on any atom is -0.0795 e. The summed E-state index contributed by atoms with van der Waals surface area (Å²) < 4.78 is 0. The minimum absolute atomic E-state index is 1.10. The molecule has 0 bridgehead atoms. The molecule has 0 aliphatic heterocycles. The van der Waals surface area contributed by atoms with Crippen LogP contribution >= 0.6 is 0 Å². The Hall–Kier alpha value is -1.56. The molecule has 3 rings (SSSR count). The van der Waals surface area contributed by atoms with Gasteiger partial charge in [-0.3, -0.25) is 0 Å². The lowest BCUT2D eigenvalue weighted by Crippen LogP contribution is -1.89. The second-order valence-electron chi connectivity index (χ2n) is 3.91. The van der Waals surface area contributed by atoms with Crippen LogP contribution in [-0.2, 0) is 6.42 Å². The van der Waals surface area contributed by atoms with E-state index < -0.39 is 0 Å². The van der Waals surface area contributed by atoms with Gasteiger partial charge in [-0.25, -0.2) is 0 Å². The minimum atomic E-state index is 1.10. The van der Waals surface area contributed by atoms with E-state index >= 15 is 0 Å². The van der Waals surface area contributed by atoms with Crippen molar-refractivity contribution in [3.05, 3.63) is 53.1 Å². The number of benzene rings is 2. The van der Waals surface area contributed by atoms with Crippen LogP contribution in [0.4, 0.5) is 0 Å². The highest BCUT2D eigenvalue weighted by atomic mass is 14.1. The lowest BCUT2D eigenvalue weighted by molar-refractivity contribution is 1.26. The third-order valence-corrected chi connectivity index (χ3v) is 3.03. The smallest absolute Gasteiger partial charge is 0.00853 e. The zero-order chi connectivity index (χ0) is 9.54. The first-order valence-electron chi connectivity index (χ1n) is 5.04. The maximum atomic E-state index is 2.29. The van der Waals surface area contributed by atoms with Crippen molar-refractivity contribution in [1.29, 1.82) is 0 Å². The molecule has 68 valence electrons. The second-order valence-corrected chi connectivity index (χ2v) is 3.91. The first-order valence-corrected chi connectivity index (χ1v) is 5.04. The Balaban J connectivity index is 2.51. The van der Waals surface area contributed by atoms with Crippen molar-refractivity contribution in [3.8, 4) is 0 Å². The number of rotatable bonds is 0. The van der Waals surface area contributed by atoms with Gasteiger partial charge in [-0.1, -0.05) is 42.5 Å². The molecule has 1 aliphatic rings. The van der Waals surface area contributed by atoms with E-state index in [2.05, 4.69) is 49.4 Å². The van der Waals surface area contributed by atoms with E-state index in [9.17, 15) is 0 Å². The van der Waals surface area contributed by atoms with Crippen LogP contribution in [0.3, 0.4) is 0 Å². The van der Waals surface area contributed by atoms with E-state index in [1.54, 1.807) is 0 Å². The van der Waals surface area contributed by atoms with Gasteiger partial charge in [-0.2, -0.15) is 0 Å². The van der Waals surface area contributed by atoms with Crippen molar-refractivity contribution in [2.75, 3.05) is 0 Å². The van der Waals surface area contributed by atoms with Crippen LogP contribution in [-0.4, -0.2) is 0 Å². The van der Waals surface area contributed by atoms with Crippen molar-refractivity contribution < 1.29 is 0 Å². The molecule has 0 atom stereocenters. The summed E-state index contributed by atoms with van der Waals surface area (Å²) in [4.78, 5) is 0. The van der Waals surface area contributed by atoms with Gasteiger partial charge in [0, 0.05) is 0 Å². The zero-order valence-electron chi connectivity index (χ0n) is 8.25. The fourth-order valence-electron chi connectivity index (χ4n) is 2.32. The summed E-state index contributed by atoms with van der Waals surface area (Å²) >= 11 is 0. The van der Waals surface area contributed by atoms with Gasteiger partial charge < -0.3 is 0 Å². The topological polar surface area (TPSA) is 0 Å². The lowest BCUT2D eigenvalue weighted by Gasteiger charge is -2.08. The van der Waals surface area contributed by atoms with Crippen LogP contribution in [0.1, 0.15) is 16.7 Å². The van der Waals surface area contributed by atoms with Gasteiger partial charge in [0.05, 0.1) is 0 Å². The molecule has 0 saturated heterocycles. The van der Waals surface area contributed by atoms with Gasteiger partial charge in [-0.05, 0) is 40.8 Å². The van der Waals surface area contributed by atoms with E-state index in [0.29, 0.717) is 0 Å². The Labute approximate surface area is 83.9 Å². The molecule has 0 nitrogen and oxygen atoms in total. The third kappa shape index (κ3) is 0.941. The van der Waals surface area contributed by atoms with E-state index in [4.69, 9.17) is 0 Å². The number of fused-ring (bicyclic) bond motifs is 3. The highest BCUT2D eigenvalue weighted by molar-refractivity contribution is 5.94. The molecule has 0 saturated carbocycles. The Bertz CT molecular complexity index is 533. The van der Waals surface area contributed by atoms with Crippen molar-refractivity contribution in [2.45, 2.75) is 13.3 Å². The summed E-state index contributed by atoms with van der Waals surface area (Å²) in [5.41, 5.74) is 4.35. The number of allylic oxidation sites excluding steroid dienone is 1. The Morgan fingerprint density at radius 3 is 2.93 bits per heavy atom. The molecule has 14 heavy (non-hydrogen) atoms. The Morgan fingerprint density at radius 1 is 1.14 bits per heavy atom. The standard InChI is InChI=1S/C14H12/c1-10-9-11-5-2-3-6-13(11)14-8-4-7-12(10)14/h2-6,8-9H,7H2,1H3. The van der Waals surface area contributed by atoms with Crippen LogP contribution in [0.15, 0.2) is 36.4 Å². The predicted octanol–water partition coefficient (Wildman–Crippen LogP) is 3.72. The van der Waals surface area contributed by atoms with Crippen molar-refractivity contribution in [3.63, 3.8) is 0 Å². The summed E-state index contributed by atoms with van der Waals surface area (Å²) in [6.07, 6.45) is 5.61. The monoisotopic (exact) mass is 180 g/mol. The van der Waals surface area contributed by atoms with Crippen LogP contribution in [0.2, 0.25) is 0 Å². The van der Waals surface area contributed by atoms with Gasteiger partial charge >= 0.3 is 0 Å². The second kappa shape index (κ2) is 2.71. The van der Waals surface area contributed by atoms with Crippen LogP contribution in [0.25, 0.3) is 16.8 Å². The van der Waals surface area contributed by atoms with E-state index in [1.165, 1.54) is 27.5 Å². The summed E-state index contributed by atoms with van der Waals surface area (Å²) in [6.45, 7) is 2.21. The molecule has 0 radical (unpaired) electrons.